The molecule has 0 atom stereocenters. The van der Waals surface area contributed by atoms with E-state index in [0.717, 1.165) is 0 Å². The van der Waals surface area contributed by atoms with E-state index >= 15 is 0 Å². The molecule has 0 spiro atoms. The smallest absolute Gasteiger partial charge is 0.267 e. The van der Waals surface area contributed by atoms with Crippen molar-refractivity contribution >= 4 is 28.8 Å². The van der Waals surface area contributed by atoms with Crippen molar-refractivity contribution in [2.75, 3.05) is 5.32 Å². The maximum atomic E-state index is 12.1. The number of anilines is 1. The van der Waals surface area contributed by atoms with Crippen molar-refractivity contribution in [3.8, 4) is 0 Å². The van der Waals surface area contributed by atoms with Crippen LogP contribution in [0.4, 0.5) is 5.69 Å². The van der Waals surface area contributed by atoms with Crippen LogP contribution in [0, 0.1) is 0 Å². The summed E-state index contributed by atoms with van der Waals surface area (Å²) >= 11 is 1.32. The lowest BCUT2D eigenvalue weighted by Crippen LogP contribution is -2.31. The molecule has 0 radical (unpaired) electrons. The first-order chi connectivity index (χ1) is 9.67. The number of benzene rings is 1. The van der Waals surface area contributed by atoms with Gasteiger partial charge in [0.05, 0.1) is 16.1 Å². The van der Waals surface area contributed by atoms with Crippen molar-refractivity contribution in [2.45, 2.75) is 6.54 Å². The molecule has 104 valence electrons. The number of hydrogen-bond acceptors (Lipinski definition) is 5. The molecule has 0 bridgehead atoms. The summed E-state index contributed by atoms with van der Waals surface area (Å²) in [6, 6.07) is 8.49. The molecule has 7 heteroatoms. The summed E-state index contributed by atoms with van der Waals surface area (Å²) in [5.74, 6) is 4.38. The van der Waals surface area contributed by atoms with Crippen LogP contribution in [-0.2, 0) is 6.54 Å². The van der Waals surface area contributed by atoms with Gasteiger partial charge in [-0.3, -0.25) is 15.0 Å². The third-order valence-electron chi connectivity index (χ3n) is 2.73. The minimum absolute atomic E-state index is 0.200. The molecular formula is C13H14N4O2S. The third kappa shape index (κ3) is 2.85. The first kappa shape index (κ1) is 14.2. The molecule has 6 nitrogen and oxygen atoms in total. The van der Waals surface area contributed by atoms with E-state index in [2.05, 4.69) is 10.7 Å². The van der Waals surface area contributed by atoms with Gasteiger partial charge in [0.15, 0.2) is 0 Å². The number of thiophene rings is 1. The van der Waals surface area contributed by atoms with E-state index in [1.54, 1.807) is 35.7 Å². The minimum Gasteiger partial charge on any atom is -0.326 e. The number of hydrazine groups is 1. The lowest BCUT2D eigenvalue weighted by molar-refractivity contribution is 0.0954. The van der Waals surface area contributed by atoms with Crippen LogP contribution in [0.3, 0.4) is 0 Å². The molecule has 0 saturated heterocycles. The van der Waals surface area contributed by atoms with Crippen LogP contribution >= 0.6 is 11.3 Å². The Balaban J connectivity index is 2.38. The molecule has 1 aromatic carbocycles. The highest BCUT2D eigenvalue weighted by Gasteiger charge is 2.17. The van der Waals surface area contributed by atoms with Gasteiger partial charge in [0, 0.05) is 6.54 Å². The number of hydrogen-bond donors (Lipinski definition) is 4. The highest BCUT2D eigenvalue weighted by molar-refractivity contribution is 7.12. The second kappa shape index (κ2) is 6.29. The summed E-state index contributed by atoms with van der Waals surface area (Å²) in [7, 11) is 0. The van der Waals surface area contributed by atoms with Crippen molar-refractivity contribution in [3.63, 3.8) is 0 Å². The minimum atomic E-state index is -0.484. The number of carbonyl (C=O) groups excluding carboxylic acids is 2. The molecule has 0 unspecified atom stereocenters. The summed E-state index contributed by atoms with van der Waals surface area (Å²) in [6.07, 6.45) is 0. The average Bonchev–Trinajstić information content (AvgIpc) is 3.01. The lowest BCUT2D eigenvalue weighted by Gasteiger charge is -2.13. The van der Waals surface area contributed by atoms with Crippen molar-refractivity contribution in [3.05, 3.63) is 51.7 Å². The number of nitrogen functional groups attached to an aromatic ring is 1. The fourth-order valence-electron chi connectivity index (χ4n) is 1.77. The van der Waals surface area contributed by atoms with Crippen molar-refractivity contribution in [2.24, 2.45) is 11.6 Å². The van der Waals surface area contributed by atoms with Crippen LogP contribution in [0.15, 0.2) is 35.7 Å². The lowest BCUT2D eigenvalue weighted by atomic mass is 10.1. The Kier molecular flexibility index (Phi) is 4.46. The van der Waals surface area contributed by atoms with Gasteiger partial charge >= 0.3 is 0 Å². The topological polar surface area (TPSA) is 110 Å². The Labute approximate surface area is 119 Å². The van der Waals surface area contributed by atoms with Crippen LogP contribution in [-0.4, -0.2) is 11.8 Å². The second-order valence-electron chi connectivity index (χ2n) is 3.95. The molecule has 1 aromatic heterocycles. The molecule has 0 saturated carbocycles. The summed E-state index contributed by atoms with van der Waals surface area (Å²) < 4.78 is 0. The zero-order valence-corrected chi connectivity index (χ0v) is 11.4. The molecule has 0 fully saturated rings. The van der Waals surface area contributed by atoms with Crippen LogP contribution in [0.1, 0.15) is 25.6 Å². The van der Waals surface area contributed by atoms with E-state index in [1.165, 1.54) is 11.3 Å². The molecule has 20 heavy (non-hydrogen) atoms. The van der Waals surface area contributed by atoms with E-state index < -0.39 is 5.91 Å². The summed E-state index contributed by atoms with van der Waals surface area (Å²) in [5.41, 5.74) is 9.02. The first-order valence-corrected chi connectivity index (χ1v) is 6.73. The van der Waals surface area contributed by atoms with E-state index in [-0.39, 0.29) is 18.0 Å². The predicted molar refractivity (Wildman–Crippen MR) is 78.3 cm³/mol. The number of carbonyl (C=O) groups is 2. The Morgan fingerprint density at radius 1 is 1.15 bits per heavy atom. The molecule has 2 amide bonds. The summed E-state index contributed by atoms with van der Waals surface area (Å²) in [6.45, 7) is 0.200. The third-order valence-corrected chi connectivity index (χ3v) is 3.60. The maximum Gasteiger partial charge on any atom is 0.267 e. The van der Waals surface area contributed by atoms with Gasteiger partial charge in [-0.25, -0.2) is 5.84 Å². The molecule has 2 aromatic rings. The number of para-hydroxylation sites is 1. The van der Waals surface area contributed by atoms with Crippen LogP contribution < -0.4 is 22.3 Å². The fourth-order valence-corrected chi connectivity index (χ4v) is 2.39. The van der Waals surface area contributed by atoms with Gasteiger partial charge < -0.3 is 11.1 Å². The fraction of sp³-hybridized carbons (Fsp3) is 0.0769. The largest absolute Gasteiger partial charge is 0.326 e. The van der Waals surface area contributed by atoms with Gasteiger partial charge in [0.1, 0.15) is 0 Å². The Morgan fingerprint density at radius 3 is 2.55 bits per heavy atom. The summed E-state index contributed by atoms with van der Waals surface area (Å²) in [5, 5.41) is 4.53. The highest BCUT2D eigenvalue weighted by Crippen LogP contribution is 2.22. The van der Waals surface area contributed by atoms with Crippen molar-refractivity contribution < 1.29 is 9.59 Å². The molecule has 0 aliphatic carbocycles. The van der Waals surface area contributed by atoms with E-state index in [4.69, 9.17) is 11.6 Å². The quantitative estimate of drug-likeness (QED) is 0.383. The Morgan fingerprint density at radius 2 is 1.95 bits per heavy atom. The molecule has 0 aliphatic heterocycles. The van der Waals surface area contributed by atoms with E-state index in [0.29, 0.717) is 16.1 Å². The number of nitrogens with two attached hydrogens (primary N) is 2. The monoisotopic (exact) mass is 290 g/mol. The molecule has 0 aliphatic rings. The Hall–Kier alpha value is -2.22. The maximum absolute atomic E-state index is 12.1. The molecule has 1 heterocycles. The highest BCUT2D eigenvalue weighted by atomic mass is 32.1. The normalized spacial score (nSPS) is 10.1. The second-order valence-corrected chi connectivity index (χ2v) is 4.90. The van der Waals surface area contributed by atoms with Crippen molar-refractivity contribution in [1.82, 2.24) is 5.43 Å². The molecule has 6 N–H and O–H groups in total. The Bertz CT molecular complexity index is 625. The predicted octanol–water partition coefficient (Wildman–Crippen LogP) is 1.06. The SMILES string of the molecule is NCc1cccc(C(=O)NN)c1NC(=O)c1cccs1. The zero-order valence-electron chi connectivity index (χ0n) is 10.6. The van der Waals surface area contributed by atoms with Gasteiger partial charge in [-0.05, 0) is 23.1 Å². The van der Waals surface area contributed by atoms with Crippen LogP contribution in [0.5, 0.6) is 0 Å². The molecular weight excluding hydrogens is 276 g/mol. The first-order valence-electron chi connectivity index (χ1n) is 5.85. The van der Waals surface area contributed by atoms with Gasteiger partial charge in [-0.1, -0.05) is 18.2 Å². The van der Waals surface area contributed by atoms with Gasteiger partial charge in [0.2, 0.25) is 0 Å². The standard InChI is InChI=1S/C13H14N4O2S/c14-7-8-3-1-4-9(12(18)17-15)11(8)16-13(19)10-5-2-6-20-10/h1-6H,7,14-15H2,(H,16,19)(H,17,18). The zero-order chi connectivity index (χ0) is 14.5. The van der Waals surface area contributed by atoms with Crippen molar-refractivity contribution in [1.29, 1.82) is 0 Å². The number of amides is 2. The van der Waals surface area contributed by atoms with E-state index in [1.807, 2.05) is 0 Å². The van der Waals surface area contributed by atoms with Crippen LogP contribution in [0.2, 0.25) is 0 Å². The van der Waals surface area contributed by atoms with Crippen LogP contribution in [0.25, 0.3) is 0 Å². The number of nitrogens with one attached hydrogen (secondary N) is 2. The molecule has 2 rings (SSSR count). The van der Waals surface area contributed by atoms with Gasteiger partial charge in [-0.15, -0.1) is 11.3 Å². The van der Waals surface area contributed by atoms with Gasteiger partial charge in [0.25, 0.3) is 11.8 Å². The number of rotatable bonds is 4. The summed E-state index contributed by atoms with van der Waals surface area (Å²) in [4.78, 5) is 24.4. The average molecular weight is 290 g/mol. The van der Waals surface area contributed by atoms with E-state index in [9.17, 15) is 9.59 Å². The van der Waals surface area contributed by atoms with Gasteiger partial charge in [-0.2, -0.15) is 0 Å².